The molecule has 5 heteroatoms. The molecule has 0 aliphatic rings. The third-order valence-electron chi connectivity index (χ3n) is 2.58. The Kier molecular flexibility index (Phi) is 5.49. The van der Waals surface area contributed by atoms with Gasteiger partial charge in [-0.3, -0.25) is 4.79 Å². The van der Waals surface area contributed by atoms with E-state index in [2.05, 4.69) is 33.4 Å². The van der Waals surface area contributed by atoms with Gasteiger partial charge in [-0.15, -0.1) is 11.8 Å². The van der Waals surface area contributed by atoms with Crippen molar-refractivity contribution in [2.75, 3.05) is 18.0 Å². The molecule has 0 aliphatic heterocycles. The van der Waals surface area contributed by atoms with E-state index in [0.29, 0.717) is 17.8 Å². The summed E-state index contributed by atoms with van der Waals surface area (Å²) in [5, 5.41) is 2.89. The van der Waals surface area contributed by atoms with Crippen molar-refractivity contribution in [3.05, 3.63) is 58.6 Å². The molecule has 0 unspecified atom stereocenters. The number of rotatable bonds is 5. The molecule has 0 bridgehead atoms. The minimum atomic E-state index is -0.105. The lowest BCUT2D eigenvalue weighted by Gasteiger charge is -2.06. The van der Waals surface area contributed by atoms with Crippen molar-refractivity contribution >= 4 is 39.3 Å². The number of anilines is 1. The number of halogens is 1. The van der Waals surface area contributed by atoms with Gasteiger partial charge in [-0.05, 0) is 30.3 Å². The number of nitrogens with one attached hydrogen (secondary N) is 1. The summed E-state index contributed by atoms with van der Waals surface area (Å²) < 4.78 is 0.807. The monoisotopic (exact) mass is 350 g/mol. The van der Waals surface area contributed by atoms with Gasteiger partial charge in [-0.2, -0.15) is 0 Å². The number of carbonyl (C=O) groups excluding carboxylic acids is 1. The normalized spacial score (nSPS) is 10.2. The molecule has 3 N–H and O–H groups in total. The van der Waals surface area contributed by atoms with Crippen molar-refractivity contribution in [2.24, 2.45) is 0 Å². The molecule has 104 valence electrons. The van der Waals surface area contributed by atoms with E-state index >= 15 is 0 Å². The summed E-state index contributed by atoms with van der Waals surface area (Å²) in [5.74, 6) is 0.728. The third kappa shape index (κ3) is 4.58. The van der Waals surface area contributed by atoms with Crippen LogP contribution in [0.4, 0.5) is 5.69 Å². The summed E-state index contributed by atoms with van der Waals surface area (Å²) in [4.78, 5) is 13.2. The summed E-state index contributed by atoms with van der Waals surface area (Å²) in [6, 6.07) is 15.3. The van der Waals surface area contributed by atoms with Crippen LogP contribution in [0.2, 0.25) is 0 Å². The zero-order chi connectivity index (χ0) is 14.4. The van der Waals surface area contributed by atoms with E-state index in [0.717, 1.165) is 10.2 Å². The Balaban J connectivity index is 1.80. The van der Waals surface area contributed by atoms with Crippen molar-refractivity contribution in [3.8, 4) is 0 Å². The lowest BCUT2D eigenvalue weighted by atomic mass is 10.2. The Morgan fingerprint density at radius 2 is 1.95 bits per heavy atom. The van der Waals surface area contributed by atoms with Crippen LogP contribution in [0.25, 0.3) is 0 Å². The zero-order valence-corrected chi connectivity index (χ0v) is 13.2. The van der Waals surface area contributed by atoms with Crippen LogP contribution in [-0.2, 0) is 0 Å². The van der Waals surface area contributed by atoms with Gasteiger partial charge in [0.2, 0.25) is 0 Å². The van der Waals surface area contributed by atoms with Gasteiger partial charge in [0.05, 0.1) is 0 Å². The number of amides is 1. The van der Waals surface area contributed by atoms with E-state index in [4.69, 9.17) is 5.73 Å². The lowest BCUT2D eigenvalue weighted by molar-refractivity contribution is 0.0956. The van der Waals surface area contributed by atoms with E-state index in [-0.39, 0.29) is 5.91 Å². The quantitative estimate of drug-likeness (QED) is 0.492. The van der Waals surface area contributed by atoms with Crippen molar-refractivity contribution < 1.29 is 4.79 Å². The molecule has 0 spiro atoms. The molecule has 0 atom stereocenters. The second-order valence-electron chi connectivity index (χ2n) is 4.19. The van der Waals surface area contributed by atoms with Gasteiger partial charge in [0, 0.05) is 32.9 Å². The van der Waals surface area contributed by atoms with Crippen LogP contribution in [0.1, 0.15) is 10.4 Å². The van der Waals surface area contributed by atoms with E-state index in [9.17, 15) is 4.79 Å². The number of hydrogen-bond donors (Lipinski definition) is 2. The SMILES string of the molecule is Nc1cc(Br)cc(C(=O)NCCSc2ccccc2)c1. The van der Waals surface area contributed by atoms with E-state index in [1.165, 1.54) is 4.90 Å². The van der Waals surface area contributed by atoms with Gasteiger partial charge >= 0.3 is 0 Å². The Hall–Kier alpha value is -1.46. The van der Waals surface area contributed by atoms with Gasteiger partial charge in [0.25, 0.3) is 5.91 Å². The maximum absolute atomic E-state index is 12.0. The summed E-state index contributed by atoms with van der Waals surface area (Å²) in [6.45, 7) is 0.616. The van der Waals surface area contributed by atoms with Crippen LogP contribution in [0.15, 0.2) is 57.9 Å². The highest BCUT2D eigenvalue weighted by Gasteiger charge is 2.06. The van der Waals surface area contributed by atoms with Crippen molar-refractivity contribution in [2.45, 2.75) is 4.90 Å². The fourth-order valence-corrected chi connectivity index (χ4v) is 3.00. The smallest absolute Gasteiger partial charge is 0.251 e. The fraction of sp³-hybridized carbons (Fsp3) is 0.133. The molecule has 3 nitrogen and oxygen atoms in total. The average molecular weight is 351 g/mol. The van der Waals surface area contributed by atoms with Crippen LogP contribution in [-0.4, -0.2) is 18.2 Å². The first kappa shape index (κ1) is 14.9. The van der Waals surface area contributed by atoms with Crippen molar-refractivity contribution in [1.82, 2.24) is 5.32 Å². The van der Waals surface area contributed by atoms with Gasteiger partial charge < -0.3 is 11.1 Å². The largest absolute Gasteiger partial charge is 0.399 e. The minimum Gasteiger partial charge on any atom is -0.399 e. The molecule has 0 heterocycles. The lowest BCUT2D eigenvalue weighted by Crippen LogP contribution is -2.25. The highest BCUT2D eigenvalue weighted by molar-refractivity contribution is 9.10. The van der Waals surface area contributed by atoms with Crippen LogP contribution >= 0.6 is 27.7 Å². The van der Waals surface area contributed by atoms with E-state index in [1.54, 1.807) is 30.0 Å². The predicted molar refractivity (Wildman–Crippen MR) is 88.1 cm³/mol. The number of benzene rings is 2. The summed E-state index contributed by atoms with van der Waals surface area (Å²) >= 11 is 5.04. The third-order valence-corrected chi connectivity index (χ3v) is 4.05. The topological polar surface area (TPSA) is 55.1 Å². The number of thioether (sulfide) groups is 1. The highest BCUT2D eigenvalue weighted by atomic mass is 79.9. The van der Waals surface area contributed by atoms with Gasteiger partial charge in [-0.1, -0.05) is 34.1 Å². The summed E-state index contributed by atoms with van der Waals surface area (Å²) in [5.41, 5.74) is 6.86. The zero-order valence-electron chi connectivity index (χ0n) is 10.8. The first-order valence-electron chi connectivity index (χ1n) is 6.17. The van der Waals surface area contributed by atoms with Gasteiger partial charge in [0.15, 0.2) is 0 Å². The molecule has 2 rings (SSSR count). The first-order valence-corrected chi connectivity index (χ1v) is 7.95. The molecular formula is C15H15BrN2OS. The van der Waals surface area contributed by atoms with Crippen LogP contribution in [0, 0.1) is 0 Å². The molecule has 20 heavy (non-hydrogen) atoms. The predicted octanol–water partition coefficient (Wildman–Crippen LogP) is 3.55. The number of nitrogen functional groups attached to an aromatic ring is 1. The molecule has 0 aromatic heterocycles. The van der Waals surface area contributed by atoms with Crippen LogP contribution < -0.4 is 11.1 Å². The Morgan fingerprint density at radius 1 is 1.20 bits per heavy atom. The highest BCUT2D eigenvalue weighted by Crippen LogP contribution is 2.18. The second kappa shape index (κ2) is 7.36. The van der Waals surface area contributed by atoms with Crippen molar-refractivity contribution in [1.29, 1.82) is 0 Å². The number of hydrogen-bond acceptors (Lipinski definition) is 3. The van der Waals surface area contributed by atoms with Crippen LogP contribution in [0.3, 0.4) is 0 Å². The Morgan fingerprint density at radius 3 is 2.65 bits per heavy atom. The molecular weight excluding hydrogens is 336 g/mol. The summed E-state index contributed by atoms with van der Waals surface area (Å²) in [6.07, 6.45) is 0. The number of nitrogens with two attached hydrogens (primary N) is 1. The Bertz CT molecular complexity index is 569. The Labute approximate surface area is 131 Å². The molecule has 2 aromatic carbocycles. The van der Waals surface area contributed by atoms with Crippen LogP contribution in [0.5, 0.6) is 0 Å². The minimum absolute atomic E-state index is 0.105. The van der Waals surface area contributed by atoms with Gasteiger partial charge in [0.1, 0.15) is 0 Å². The van der Waals surface area contributed by atoms with E-state index < -0.39 is 0 Å². The molecule has 0 aliphatic carbocycles. The molecule has 1 amide bonds. The average Bonchev–Trinajstić information content (AvgIpc) is 2.43. The second-order valence-corrected chi connectivity index (χ2v) is 6.27. The maximum atomic E-state index is 12.0. The first-order chi connectivity index (χ1) is 9.65. The molecule has 0 fully saturated rings. The standard InChI is InChI=1S/C15H15BrN2OS/c16-12-8-11(9-13(17)10-12)15(19)18-6-7-20-14-4-2-1-3-5-14/h1-5,8-10H,6-7,17H2,(H,18,19). The molecule has 0 saturated heterocycles. The molecule has 0 saturated carbocycles. The molecule has 0 radical (unpaired) electrons. The van der Waals surface area contributed by atoms with E-state index in [1.807, 2.05) is 18.2 Å². The van der Waals surface area contributed by atoms with Gasteiger partial charge in [-0.25, -0.2) is 0 Å². The maximum Gasteiger partial charge on any atom is 0.251 e. The van der Waals surface area contributed by atoms with Crippen molar-refractivity contribution in [3.63, 3.8) is 0 Å². The molecule has 2 aromatic rings. The summed E-state index contributed by atoms with van der Waals surface area (Å²) in [7, 11) is 0. The fourth-order valence-electron chi connectivity index (χ4n) is 1.70. The number of carbonyl (C=O) groups is 1.